The molecule has 0 saturated carbocycles. The summed E-state index contributed by atoms with van der Waals surface area (Å²) in [4.78, 5) is 64.2. The molecule has 0 unspecified atom stereocenters. The summed E-state index contributed by atoms with van der Waals surface area (Å²) in [6, 6.07) is 27.4. The Kier molecular flexibility index (Phi) is 6.12. The fraction of sp³-hybridized carbons (Fsp3) is 0.152. The zero-order chi connectivity index (χ0) is 29.8. The lowest BCUT2D eigenvalue weighted by Crippen LogP contribution is -2.41. The van der Waals surface area contributed by atoms with E-state index in [4.69, 9.17) is 4.74 Å². The summed E-state index contributed by atoms with van der Waals surface area (Å²) in [6.07, 6.45) is 0. The zero-order valence-corrected chi connectivity index (χ0v) is 22.5. The van der Waals surface area contributed by atoms with Gasteiger partial charge in [-0.25, -0.2) is 9.69 Å². The van der Waals surface area contributed by atoms with Crippen molar-refractivity contribution in [3.8, 4) is 0 Å². The number of nitrogens with one attached hydrogen (secondary N) is 1. The fourth-order valence-electron chi connectivity index (χ4n) is 6.79. The average Bonchev–Trinajstić information content (AvgIpc) is 3.30. The van der Waals surface area contributed by atoms with Gasteiger partial charge in [-0.05, 0) is 52.6 Å². The standard InChI is InChI=1S/C33H23N3O7/c37-26(34-19-6-5-7-21(16-19)36(41)42)17-43-33(40)18-12-14-20(15-13-18)35-31(38)29-27-22-8-1-2-9-23(22)28(30(29)32(35)39)25-11-4-3-10-24(25)27/h1-16,27-30H,17H2,(H,34,37)/t27?,28?,29-,30-/m1/s1. The van der Waals surface area contributed by atoms with Crippen LogP contribution in [0.3, 0.4) is 0 Å². The van der Waals surface area contributed by atoms with Crippen molar-refractivity contribution in [3.63, 3.8) is 0 Å². The average molecular weight is 574 g/mol. The topological polar surface area (TPSA) is 136 Å². The van der Waals surface area contributed by atoms with Gasteiger partial charge < -0.3 is 10.1 Å². The Labute approximate surface area is 245 Å². The number of carbonyl (C=O) groups is 4. The summed E-state index contributed by atoms with van der Waals surface area (Å²) in [7, 11) is 0. The number of ether oxygens (including phenoxy) is 1. The minimum atomic E-state index is -0.780. The molecule has 10 nitrogen and oxygen atoms in total. The lowest BCUT2D eigenvalue weighted by molar-refractivity contribution is -0.384. The Balaban J connectivity index is 1.07. The van der Waals surface area contributed by atoms with Crippen LogP contribution in [0.2, 0.25) is 0 Å². The van der Waals surface area contributed by atoms with Gasteiger partial charge in [0, 0.05) is 29.7 Å². The molecule has 2 bridgehead atoms. The number of hydrogen-bond donors (Lipinski definition) is 1. The molecule has 0 spiro atoms. The van der Waals surface area contributed by atoms with Crippen LogP contribution >= 0.6 is 0 Å². The number of nitro groups is 1. The number of amides is 3. The van der Waals surface area contributed by atoms with Crippen molar-refractivity contribution < 1.29 is 28.8 Å². The molecule has 4 aromatic rings. The van der Waals surface area contributed by atoms with Gasteiger partial charge in [0.25, 0.3) is 11.6 Å². The number of anilines is 2. The van der Waals surface area contributed by atoms with E-state index in [1.165, 1.54) is 53.4 Å². The van der Waals surface area contributed by atoms with Crippen LogP contribution in [-0.4, -0.2) is 35.2 Å². The van der Waals surface area contributed by atoms with Gasteiger partial charge in [-0.3, -0.25) is 24.5 Å². The van der Waals surface area contributed by atoms with Gasteiger partial charge in [0.05, 0.1) is 28.0 Å². The van der Waals surface area contributed by atoms with Crippen molar-refractivity contribution in [3.05, 3.63) is 135 Å². The van der Waals surface area contributed by atoms with E-state index in [1.54, 1.807) is 0 Å². The molecule has 212 valence electrons. The largest absolute Gasteiger partial charge is 0.452 e. The number of non-ortho nitro benzene ring substituents is 1. The monoisotopic (exact) mass is 573 g/mol. The van der Waals surface area contributed by atoms with E-state index >= 15 is 0 Å². The molecule has 1 fully saturated rings. The van der Waals surface area contributed by atoms with E-state index in [1.807, 2.05) is 48.5 Å². The van der Waals surface area contributed by atoms with Crippen molar-refractivity contribution in [2.45, 2.75) is 11.8 Å². The highest BCUT2D eigenvalue weighted by molar-refractivity contribution is 6.23. The normalized spacial score (nSPS) is 21.1. The Hall–Kier alpha value is -5.64. The molecule has 43 heavy (non-hydrogen) atoms. The highest BCUT2D eigenvalue weighted by atomic mass is 16.6. The van der Waals surface area contributed by atoms with E-state index in [2.05, 4.69) is 5.32 Å². The first kappa shape index (κ1) is 26.3. The lowest BCUT2D eigenvalue weighted by Gasteiger charge is -2.45. The highest BCUT2D eigenvalue weighted by Crippen LogP contribution is 2.61. The third-order valence-corrected chi connectivity index (χ3v) is 8.48. The summed E-state index contributed by atoms with van der Waals surface area (Å²) in [6.45, 7) is -0.611. The smallest absolute Gasteiger partial charge is 0.338 e. The highest BCUT2D eigenvalue weighted by Gasteiger charge is 2.61. The minimum Gasteiger partial charge on any atom is -0.452 e. The predicted octanol–water partition coefficient (Wildman–Crippen LogP) is 4.79. The van der Waals surface area contributed by atoms with E-state index in [0.717, 1.165) is 22.3 Å². The Morgan fingerprint density at radius 2 is 1.30 bits per heavy atom. The van der Waals surface area contributed by atoms with Gasteiger partial charge in [0.2, 0.25) is 11.8 Å². The van der Waals surface area contributed by atoms with Gasteiger partial charge in [0.15, 0.2) is 6.61 Å². The molecule has 0 aromatic heterocycles. The summed E-state index contributed by atoms with van der Waals surface area (Å²) in [5, 5.41) is 13.4. The zero-order valence-electron chi connectivity index (χ0n) is 22.5. The molecule has 4 aromatic carbocycles. The second-order valence-electron chi connectivity index (χ2n) is 10.8. The summed E-state index contributed by atoms with van der Waals surface area (Å²) in [5.74, 6) is -3.44. The Bertz CT molecular complexity index is 1740. The van der Waals surface area contributed by atoms with E-state index < -0.39 is 35.2 Å². The third kappa shape index (κ3) is 4.18. The number of carbonyl (C=O) groups excluding carboxylic acids is 4. The van der Waals surface area contributed by atoms with Gasteiger partial charge in [0.1, 0.15) is 0 Å². The molecule has 1 N–H and O–H groups in total. The van der Waals surface area contributed by atoms with Crippen LogP contribution in [-0.2, 0) is 19.1 Å². The molecular formula is C33H23N3O7. The fourth-order valence-corrected chi connectivity index (χ4v) is 6.79. The number of hydrogen-bond acceptors (Lipinski definition) is 7. The van der Waals surface area contributed by atoms with Crippen molar-refractivity contribution in [1.29, 1.82) is 0 Å². The molecule has 3 aliphatic carbocycles. The number of nitro benzene ring substituents is 1. The Morgan fingerprint density at radius 1 is 0.767 bits per heavy atom. The molecule has 1 heterocycles. The first-order valence-corrected chi connectivity index (χ1v) is 13.7. The first-order chi connectivity index (χ1) is 20.8. The van der Waals surface area contributed by atoms with Gasteiger partial charge in [-0.1, -0.05) is 54.6 Å². The summed E-state index contributed by atoms with van der Waals surface area (Å²) < 4.78 is 5.10. The molecular weight excluding hydrogens is 550 g/mol. The van der Waals surface area contributed by atoms with E-state index in [0.29, 0.717) is 5.69 Å². The summed E-state index contributed by atoms with van der Waals surface area (Å²) >= 11 is 0. The summed E-state index contributed by atoms with van der Waals surface area (Å²) in [5.41, 5.74) is 4.84. The van der Waals surface area contributed by atoms with Crippen LogP contribution in [0.5, 0.6) is 0 Å². The molecule has 10 heteroatoms. The maximum atomic E-state index is 13.9. The second-order valence-corrected chi connectivity index (χ2v) is 10.8. The van der Waals surface area contributed by atoms with Crippen LogP contribution in [0.15, 0.2) is 97.1 Å². The van der Waals surface area contributed by atoms with Crippen LogP contribution in [0.4, 0.5) is 17.1 Å². The second kappa shape index (κ2) is 10.0. The van der Waals surface area contributed by atoms with E-state index in [-0.39, 0.29) is 40.6 Å². The molecule has 4 aliphatic rings. The van der Waals surface area contributed by atoms with Crippen LogP contribution < -0.4 is 10.2 Å². The maximum absolute atomic E-state index is 13.9. The first-order valence-electron chi connectivity index (χ1n) is 13.7. The lowest BCUT2D eigenvalue weighted by atomic mass is 9.55. The van der Waals surface area contributed by atoms with Crippen molar-refractivity contribution >= 4 is 40.8 Å². The number of benzene rings is 4. The van der Waals surface area contributed by atoms with Gasteiger partial charge in [-0.15, -0.1) is 0 Å². The van der Waals surface area contributed by atoms with Gasteiger partial charge >= 0.3 is 5.97 Å². The molecule has 1 aliphatic heterocycles. The predicted molar refractivity (Wildman–Crippen MR) is 154 cm³/mol. The van der Waals surface area contributed by atoms with Crippen LogP contribution in [0, 0.1) is 22.0 Å². The number of nitrogens with zero attached hydrogens (tertiary/aromatic N) is 2. The van der Waals surface area contributed by atoms with Crippen molar-refractivity contribution in [2.24, 2.45) is 11.8 Å². The maximum Gasteiger partial charge on any atom is 0.338 e. The number of esters is 1. The molecule has 3 amide bonds. The van der Waals surface area contributed by atoms with E-state index in [9.17, 15) is 29.3 Å². The minimum absolute atomic E-state index is 0.128. The molecule has 1 saturated heterocycles. The third-order valence-electron chi connectivity index (χ3n) is 8.48. The molecule has 8 rings (SSSR count). The van der Waals surface area contributed by atoms with Crippen LogP contribution in [0.1, 0.15) is 44.4 Å². The number of imide groups is 1. The van der Waals surface area contributed by atoms with Crippen LogP contribution in [0.25, 0.3) is 0 Å². The quantitative estimate of drug-likeness (QED) is 0.152. The Morgan fingerprint density at radius 3 is 1.81 bits per heavy atom. The molecule has 0 radical (unpaired) electrons. The van der Waals surface area contributed by atoms with Crippen molar-refractivity contribution in [2.75, 3.05) is 16.8 Å². The van der Waals surface area contributed by atoms with Gasteiger partial charge in [-0.2, -0.15) is 0 Å². The number of rotatable bonds is 6. The molecule has 2 atom stereocenters. The SMILES string of the molecule is O=C(COC(=O)c1ccc(N2C(=O)[C@@H]3C4c5ccccc5C(c5ccccc54)[C@H]3C2=O)cc1)Nc1cccc([N+](=O)[O-])c1. The van der Waals surface area contributed by atoms with Crippen molar-refractivity contribution in [1.82, 2.24) is 0 Å².